The van der Waals surface area contributed by atoms with Crippen molar-refractivity contribution in [1.29, 1.82) is 0 Å². The van der Waals surface area contributed by atoms with Crippen molar-refractivity contribution in [3.05, 3.63) is 34.9 Å². The molecule has 0 saturated carbocycles. The molecule has 0 amide bonds. The number of nitrogens with two attached hydrogens (primary N) is 1. The number of aliphatic hydroxyl groups is 1. The zero-order chi connectivity index (χ0) is 12.0. The summed E-state index contributed by atoms with van der Waals surface area (Å²) in [6.45, 7) is 3.25. The Balaban J connectivity index is 2.64. The van der Waals surface area contributed by atoms with E-state index >= 15 is 0 Å². The van der Waals surface area contributed by atoms with Crippen molar-refractivity contribution in [2.75, 3.05) is 19.7 Å². The van der Waals surface area contributed by atoms with Gasteiger partial charge in [-0.2, -0.15) is 0 Å². The highest BCUT2D eigenvalue weighted by Crippen LogP contribution is 2.15. The molecule has 4 N–H and O–H groups in total. The molecule has 0 aliphatic carbocycles. The molecule has 90 valence electrons. The van der Waals surface area contributed by atoms with E-state index in [1.54, 1.807) is 0 Å². The smallest absolute Gasteiger partial charge is 0.0556 e. The van der Waals surface area contributed by atoms with Crippen LogP contribution in [-0.4, -0.2) is 30.3 Å². The predicted molar refractivity (Wildman–Crippen MR) is 67.7 cm³/mol. The number of β-amino-alcohol motifs (C(OH)–C–C–N with tert-alkyl or cyclic N) is 1. The summed E-state index contributed by atoms with van der Waals surface area (Å²) in [5, 5.41) is 12.8. The van der Waals surface area contributed by atoms with Crippen molar-refractivity contribution in [2.24, 2.45) is 5.73 Å². The first kappa shape index (κ1) is 13.5. The summed E-state index contributed by atoms with van der Waals surface area (Å²) >= 11 is 5.83. The number of rotatable bonds is 6. The average Bonchev–Trinajstić information content (AvgIpc) is 2.30. The maximum Gasteiger partial charge on any atom is 0.0556 e. The number of hydrogen-bond acceptors (Lipinski definition) is 3. The lowest BCUT2D eigenvalue weighted by Crippen LogP contribution is -2.51. The summed E-state index contributed by atoms with van der Waals surface area (Å²) in [6.07, 6.45) is 0.820. The summed E-state index contributed by atoms with van der Waals surface area (Å²) in [5.74, 6) is 0. The second-order valence-electron chi connectivity index (χ2n) is 4.22. The Morgan fingerprint density at radius 2 is 2.00 bits per heavy atom. The first-order valence-corrected chi connectivity index (χ1v) is 5.78. The van der Waals surface area contributed by atoms with Crippen LogP contribution in [0.25, 0.3) is 0 Å². The Morgan fingerprint density at radius 3 is 2.50 bits per heavy atom. The molecule has 16 heavy (non-hydrogen) atoms. The molecule has 1 rings (SSSR count). The molecule has 4 heteroatoms. The van der Waals surface area contributed by atoms with E-state index < -0.39 is 0 Å². The molecule has 3 nitrogen and oxygen atoms in total. The second-order valence-corrected chi connectivity index (χ2v) is 4.65. The van der Waals surface area contributed by atoms with Gasteiger partial charge < -0.3 is 16.2 Å². The highest BCUT2D eigenvalue weighted by atomic mass is 35.5. The molecular weight excluding hydrogens is 224 g/mol. The van der Waals surface area contributed by atoms with Gasteiger partial charge >= 0.3 is 0 Å². The Bertz CT molecular complexity index is 315. The van der Waals surface area contributed by atoms with Crippen LogP contribution in [0.1, 0.15) is 12.5 Å². The molecular formula is C12H19ClN2O. The number of halogens is 1. The summed E-state index contributed by atoms with van der Waals surface area (Å²) < 4.78 is 0. The molecule has 1 aromatic carbocycles. The molecule has 0 aliphatic rings. The van der Waals surface area contributed by atoms with Crippen molar-refractivity contribution < 1.29 is 5.11 Å². The number of aliphatic hydroxyl groups excluding tert-OH is 1. The van der Waals surface area contributed by atoms with Gasteiger partial charge in [0, 0.05) is 23.7 Å². The maximum atomic E-state index is 8.81. The quantitative estimate of drug-likeness (QED) is 0.702. The van der Waals surface area contributed by atoms with Crippen molar-refractivity contribution in [1.82, 2.24) is 5.32 Å². The first-order chi connectivity index (χ1) is 7.59. The molecule has 0 saturated heterocycles. The fraction of sp³-hybridized carbons (Fsp3) is 0.500. The zero-order valence-electron chi connectivity index (χ0n) is 9.54. The standard InChI is InChI=1S/C12H19ClN2O/c1-12(9-14,15-6-7-16)8-10-2-4-11(13)5-3-10/h2-5,15-16H,6-9,14H2,1H3. The van der Waals surface area contributed by atoms with Gasteiger partial charge in [0.05, 0.1) is 6.61 Å². The predicted octanol–water partition coefficient (Wildman–Crippen LogP) is 1.18. The zero-order valence-corrected chi connectivity index (χ0v) is 10.3. The largest absolute Gasteiger partial charge is 0.395 e. The first-order valence-electron chi connectivity index (χ1n) is 5.40. The van der Waals surface area contributed by atoms with E-state index in [-0.39, 0.29) is 12.1 Å². The van der Waals surface area contributed by atoms with Gasteiger partial charge in [0.1, 0.15) is 0 Å². The van der Waals surface area contributed by atoms with Gasteiger partial charge in [0.2, 0.25) is 0 Å². The molecule has 0 spiro atoms. The number of hydrogen-bond donors (Lipinski definition) is 3. The van der Waals surface area contributed by atoms with Gasteiger partial charge in [-0.15, -0.1) is 0 Å². The lowest BCUT2D eigenvalue weighted by Gasteiger charge is -2.29. The fourth-order valence-electron chi connectivity index (χ4n) is 1.62. The van der Waals surface area contributed by atoms with Gasteiger partial charge in [0.25, 0.3) is 0 Å². The van der Waals surface area contributed by atoms with E-state index in [1.807, 2.05) is 24.3 Å². The van der Waals surface area contributed by atoms with E-state index in [9.17, 15) is 0 Å². The summed E-state index contributed by atoms with van der Waals surface area (Å²) in [6, 6.07) is 7.74. The van der Waals surface area contributed by atoms with Crippen molar-refractivity contribution in [3.63, 3.8) is 0 Å². The summed E-state index contributed by atoms with van der Waals surface area (Å²) in [4.78, 5) is 0. The van der Waals surface area contributed by atoms with Crippen molar-refractivity contribution in [3.8, 4) is 0 Å². The average molecular weight is 243 g/mol. The third-order valence-corrected chi connectivity index (χ3v) is 2.87. The monoisotopic (exact) mass is 242 g/mol. The van der Waals surface area contributed by atoms with Crippen LogP contribution < -0.4 is 11.1 Å². The van der Waals surface area contributed by atoms with E-state index in [4.69, 9.17) is 22.4 Å². The second kappa shape index (κ2) is 6.21. The van der Waals surface area contributed by atoms with Gasteiger partial charge in [-0.25, -0.2) is 0 Å². The minimum atomic E-state index is -0.184. The lowest BCUT2D eigenvalue weighted by molar-refractivity contribution is 0.260. The molecule has 1 atom stereocenters. The van der Waals surface area contributed by atoms with Crippen molar-refractivity contribution in [2.45, 2.75) is 18.9 Å². The lowest BCUT2D eigenvalue weighted by atomic mass is 9.93. The third-order valence-electron chi connectivity index (χ3n) is 2.62. The Kier molecular flexibility index (Phi) is 5.22. The van der Waals surface area contributed by atoms with Gasteiger partial charge in [-0.3, -0.25) is 0 Å². The van der Waals surface area contributed by atoms with Gasteiger partial charge in [0.15, 0.2) is 0 Å². The number of benzene rings is 1. The molecule has 1 unspecified atom stereocenters. The van der Waals surface area contributed by atoms with E-state index in [2.05, 4.69) is 12.2 Å². The SMILES string of the molecule is CC(CN)(Cc1ccc(Cl)cc1)NCCO. The van der Waals surface area contributed by atoms with E-state index in [1.165, 1.54) is 5.56 Å². The normalized spacial score (nSPS) is 14.8. The molecule has 0 aliphatic heterocycles. The van der Waals surface area contributed by atoms with Gasteiger partial charge in [-0.1, -0.05) is 23.7 Å². The van der Waals surface area contributed by atoms with Crippen LogP contribution in [0, 0.1) is 0 Å². The fourth-order valence-corrected chi connectivity index (χ4v) is 1.74. The third kappa shape index (κ3) is 4.10. The van der Waals surface area contributed by atoms with E-state index in [0.717, 1.165) is 11.4 Å². The van der Waals surface area contributed by atoms with Crippen LogP contribution in [0.2, 0.25) is 5.02 Å². The molecule has 1 aromatic rings. The molecule has 0 aromatic heterocycles. The van der Waals surface area contributed by atoms with Gasteiger partial charge in [-0.05, 0) is 31.0 Å². The summed E-state index contributed by atoms with van der Waals surface area (Å²) in [5.41, 5.74) is 6.75. The number of nitrogens with one attached hydrogen (secondary N) is 1. The van der Waals surface area contributed by atoms with Crippen LogP contribution in [0.5, 0.6) is 0 Å². The van der Waals surface area contributed by atoms with Crippen LogP contribution in [-0.2, 0) is 6.42 Å². The van der Waals surface area contributed by atoms with E-state index in [0.29, 0.717) is 13.1 Å². The maximum absolute atomic E-state index is 8.81. The topological polar surface area (TPSA) is 58.3 Å². The van der Waals surface area contributed by atoms with Crippen LogP contribution in [0.4, 0.5) is 0 Å². The highest BCUT2D eigenvalue weighted by Gasteiger charge is 2.21. The molecule has 0 fully saturated rings. The van der Waals surface area contributed by atoms with Crippen LogP contribution >= 0.6 is 11.6 Å². The van der Waals surface area contributed by atoms with Crippen LogP contribution in [0.15, 0.2) is 24.3 Å². The van der Waals surface area contributed by atoms with Crippen LogP contribution in [0.3, 0.4) is 0 Å². The molecule has 0 heterocycles. The Morgan fingerprint density at radius 1 is 1.38 bits per heavy atom. The van der Waals surface area contributed by atoms with Crippen molar-refractivity contribution >= 4 is 11.6 Å². The molecule has 0 radical (unpaired) electrons. The minimum absolute atomic E-state index is 0.121. The summed E-state index contributed by atoms with van der Waals surface area (Å²) in [7, 11) is 0. The highest BCUT2D eigenvalue weighted by molar-refractivity contribution is 6.30. The molecule has 0 bridgehead atoms. The Labute approximate surface area is 102 Å². The Hall–Kier alpha value is -0.610. The minimum Gasteiger partial charge on any atom is -0.395 e.